The van der Waals surface area contributed by atoms with E-state index in [4.69, 9.17) is 4.74 Å². The Morgan fingerprint density at radius 3 is 2.60 bits per heavy atom. The third-order valence-electron chi connectivity index (χ3n) is 2.83. The van der Waals surface area contributed by atoms with Crippen LogP contribution in [-0.4, -0.2) is 12.2 Å². The molecule has 1 aromatic carbocycles. The number of benzene rings is 1. The quantitative estimate of drug-likeness (QED) is 0.719. The Balaban J connectivity index is 2.60. The van der Waals surface area contributed by atoms with Gasteiger partial charge in [0.25, 0.3) is 0 Å². The number of fused-ring (bicyclic) bond motifs is 1. The van der Waals surface area contributed by atoms with Gasteiger partial charge in [-0.2, -0.15) is 0 Å². The molecular weight excluding hydrogens is 208 g/mol. The van der Waals surface area contributed by atoms with Gasteiger partial charge in [-0.15, -0.1) is 11.8 Å². The van der Waals surface area contributed by atoms with Crippen LogP contribution in [0.4, 0.5) is 0 Å². The number of ether oxygens (including phenoxy) is 1. The van der Waals surface area contributed by atoms with Crippen molar-refractivity contribution < 1.29 is 9.53 Å². The summed E-state index contributed by atoms with van der Waals surface area (Å²) in [6, 6.07) is 7.64. The van der Waals surface area contributed by atoms with E-state index in [1.165, 1.54) is 0 Å². The molecule has 1 atom stereocenters. The van der Waals surface area contributed by atoms with E-state index in [2.05, 4.69) is 13.8 Å². The Kier molecular flexibility index (Phi) is 2.51. The minimum atomic E-state index is -0.492. The first-order valence-corrected chi connectivity index (χ1v) is 6.22. The Hall–Kier alpha value is -0.960. The highest BCUT2D eigenvalue weighted by Crippen LogP contribution is 2.48. The zero-order valence-corrected chi connectivity index (χ0v) is 9.93. The third-order valence-corrected chi connectivity index (χ3v) is 4.21. The Morgan fingerprint density at radius 1 is 1.33 bits per heavy atom. The van der Waals surface area contributed by atoms with Gasteiger partial charge >= 0.3 is 5.97 Å². The molecule has 0 amide bonds. The van der Waals surface area contributed by atoms with Crippen molar-refractivity contribution in [3.8, 4) is 0 Å². The molecule has 0 N–H and O–H groups in total. The second-order valence-electron chi connectivity index (χ2n) is 3.96. The molecule has 1 aromatic rings. The van der Waals surface area contributed by atoms with E-state index in [9.17, 15) is 4.79 Å². The summed E-state index contributed by atoms with van der Waals surface area (Å²) < 4.78 is 5.55. The molecular formula is C12H14O2S. The van der Waals surface area contributed by atoms with Gasteiger partial charge in [-0.1, -0.05) is 32.0 Å². The monoisotopic (exact) mass is 222 g/mol. The third kappa shape index (κ3) is 1.37. The lowest BCUT2D eigenvalue weighted by atomic mass is 9.96. The summed E-state index contributed by atoms with van der Waals surface area (Å²) in [5.74, 6) is 0.0637. The van der Waals surface area contributed by atoms with Crippen LogP contribution in [0.1, 0.15) is 29.8 Å². The van der Waals surface area contributed by atoms with E-state index in [1.807, 2.05) is 30.5 Å². The fraction of sp³-hybridized carbons (Fsp3) is 0.417. The predicted octanol–water partition coefficient (Wildman–Crippen LogP) is 3.03. The maximum Gasteiger partial charge on any atom is 0.340 e. The summed E-state index contributed by atoms with van der Waals surface area (Å²) in [7, 11) is 0. The molecule has 0 aromatic heterocycles. The standard InChI is InChI=1S/C12H14O2S/c1-8(2)12(15-3)10-7-5-4-6-9(10)11(13)14-12/h4-8H,1-3H3. The van der Waals surface area contributed by atoms with Crippen LogP contribution >= 0.6 is 11.8 Å². The number of rotatable bonds is 2. The molecule has 0 fully saturated rings. The van der Waals surface area contributed by atoms with E-state index in [0.29, 0.717) is 5.56 Å². The molecule has 0 saturated heterocycles. The topological polar surface area (TPSA) is 26.3 Å². The van der Waals surface area contributed by atoms with Gasteiger partial charge in [0.2, 0.25) is 0 Å². The van der Waals surface area contributed by atoms with Crippen LogP contribution in [0.15, 0.2) is 24.3 Å². The van der Waals surface area contributed by atoms with Gasteiger partial charge < -0.3 is 4.74 Å². The summed E-state index contributed by atoms with van der Waals surface area (Å²) in [4.78, 5) is 11.2. The Labute approximate surface area is 94.0 Å². The Bertz CT molecular complexity index is 400. The molecule has 1 unspecified atom stereocenters. The lowest BCUT2D eigenvalue weighted by molar-refractivity contribution is 0.0146. The number of thioether (sulfide) groups is 1. The second kappa shape index (κ2) is 3.56. The fourth-order valence-corrected chi connectivity index (χ4v) is 3.06. The van der Waals surface area contributed by atoms with Crippen LogP contribution in [0.3, 0.4) is 0 Å². The number of cyclic esters (lactones) is 1. The minimum absolute atomic E-state index is 0.200. The Morgan fingerprint density at radius 2 is 2.00 bits per heavy atom. The SMILES string of the molecule is CSC1(C(C)C)OC(=O)c2ccccc21. The van der Waals surface area contributed by atoms with Crippen molar-refractivity contribution >= 4 is 17.7 Å². The molecule has 1 aliphatic heterocycles. The molecule has 2 nitrogen and oxygen atoms in total. The van der Waals surface area contributed by atoms with Gasteiger partial charge in [-0.3, -0.25) is 0 Å². The lowest BCUT2D eigenvalue weighted by Gasteiger charge is -2.30. The van der Waals surface area contributed by atoms with Crippen molar-refractivity contribution in [2.45, 2.75) is 18.8 Å². The molecule has 80 valence electrons. The summed E-state index contributed by atoms with van der Waals surface area (Å²) >= 11 is 1.59. The number of carbonyl (C=O) groups is 1. The average molecular weight is 222 g/mol. The smallest absolute Gasteiger partial charge is 0.340 e. The fourth-order valence-electron chi connectivity index (χ4n) is 2.03. The summed E-state index contributed by atoms with van der Waals surface area (Å²) in [6.07, 6.45) is 1.98. The number of hydrogen-bond acceptors (Lipinski definition) is 3. The van der Waals surface area contributed by atoms with Crippen molar-refractivity contribution in [3.63, 3.8) is 0 Å². The molecule has 2 rings (SSSR count). The lowest BCUT2D eigenvalue weighted by Crippen LogP contribution is -2.28. The summed E-state index contributed by atoms with van der Waals surface area (Å²) in [5.41, 5.74) is 1.72. The molecule has 1 aliphatic rings. The molecule has 0 spiro atoms. The number of esters is 1. The normalized spacial score (nSPS) is 24.1. The van der Waals surface area contributed by atoms with Crippen LogP contribution in [0.5, 0.6) is 0 Å². The summed E-state index contributed by atoms with van der Waals surface area (Å²) in [6.45, 7) is 4.15. The van der Waals surface area contributed by atoms with Crippen LogP contribution in [0, 0.1) is 5.92 Å². The predicted molar refractivity (Wildman–Crippen MR) is 61.9 cm³/mol. The molecule has 0 saturated carbocycles. The molecule has 0 radical (unpaired) electrons. The van der Waals surface area contributed by atoms with Crippen molar-refractivity contribution in [1.82, 2.24) is 0 Å². The van der Waals surface area contributed by atoms with Crippen molar-refractivity contribution in [3.05, 3.63) is 35.4 Å². The van der Waals surface area contributed by atoms with E-state index >= 15 is 0 Å². The molecule has 3 heteroatoms. The highest BCUT2D eigenvalue weighted by atomic mass is 32.2. The highest BCUT2D eigenvalue weighted by Gasteiger charge is 2.47. The first-order valence-electron chi connectivity index (χ1n) is 5.00. The van der Waals surface area contributed by atoms with Gasteiger partial charge in [0.1, 0.15) is 0 Å². The van der Waals surface area contributed by atoms with Crippen molar-refractivity contribution in [1.29, 1.82) is 0 Å². The van der Waals surface area contributed by atoms with Crippen LogP contribution in [0.25, 0.3) is 0 Å². The van der Waals surface area contributed by atoms with Gasteiger partial charge in [-0.05, 0) is 12.3 Å². The summed E-state index contributed by atoms with van der Waals surface area (Å²) in [5, 5.41) is 0. The van der Waals surface area contributed by atoms with Gasteiger partial charge in [0, 0.05) is 11.5 Å². The maximum absolute atomic E-state index is 11.7. The zero-order chi connectivity index (χ0) is 11.1. The van der Waals surface area contributed by atoms with E-state index < -0.39 is 4.93 Å². The second-order valence-corrected chi connectivity index (χ2v) is 4.98. The van der Waals surface area contributed by atoms with Crippen LogP contribution < -0.4 is 0 Å². The first-order chi connectivity index (χ1) is 7.12. The molecule has 0 bridgehead atoms. The van der Waals surface area contributed by atoms with Gasteiger partial charge in [-0.25, -0.2) is 4.79 Å². The van der Waals surface area contributed by atoms with Crippen LogP contribution in [0.2, 0.25) is 0 Å². The van der Waals surface area contributed by atoms with Crippen molar-refractivity contribution in [2.24, 2.45) is 5.92 Å². The molecule has 1 heterocycles. The maximum atomic E-state index is 11.7. The van der Waals surface area contributed by atoms with Gasteiger partial charge in [0.05, 0.1) is 5.56 Å². The molecule has 15 heavy (non-hydrogen) atoms. The van der Waals surface area contributed by atoms with E-state index in [1.54, 1.807) is 11.8 Å². The van der Waals surface area contributed by atoms with E-state index in [-0.39, 0.29) is 11.9 Å². The highest BCUT2D eigenvalue weighted by molar-refractivity contribution is 7.99. The average Bonchev–Trinajstić information content (AvgIpc) is 2.54. The largest absolute Gasteiger partial charge is 0.439 e. The van der Waals surface area contributed by atoms with Crippen molar-refractivity contribution in [2.75, 3.05) is 6.26 Å². The zero-order valence-electron chi connectivity index (χ0n) is 9.11. The van der Waals surface area contributed by atoms with E-state index in [0.717, 1.165) is 5.56 Å². The minimum Gasteiger partial charge on any atom is -0.439 e. The molecule has 0 aliphatic carbocycles. The van der Waals surface area contributed by atoms with Gasteiger partial charge in [0.15, 0.2) is 4.93 Å². The number of carbonyl (C=O) groups excluding carboxylic acids is 1. The first kappa shape index (κ1) is 10.6. The number of hydrogen-bond donors (Lipinski definition) is 0. The van der Waals surface area contributed by atoms with Crippen LogP contribution in [-0.2, 0) is 9.67 Å².